The summed E-state index contributed by atoms with van der Waals surface area (Å²) in [5, 5.41) is 5.97. The van der Waals surface area contributed by atoms with E-state index in [1.165, 1.54) is 12.1 Å². The second-order valence-corrected chi connectivity index (χ2v) is 3.99. The topological polar surface area (TPSA) is 41.1 Å². The van der Waals surface area contributed by atoms with Crippen molar-refractivity contribution in [1.29, 1.82) is 0 Å². The lowest BCUT2D eigenvalue weighted by atomic mass is 10.2. The molecule has 0 bridgehead atoms. The summed E-state index contributed by atoms with van der Waals surface area (Å²) in [6.07, 6.45) is 1.95. The molecule has 0 radical (unpaired) electrons. The fourth-order valence-corrected chi connectivity index (χ4v) is 1.82. The molecule has 0 unspecified atom stereocenters. The highest BCUT2D eigenvalue weighted by Crippen LogP contribution is 2.06. The lowest BCUT2D eigenvalue weighted by Gasteiger charge is -2.10. The molecule has 1 amide bonds. The summed E-state index contributed by atoms with van der Waals surface area (Å²) in [7, 11) is 0. The molecular weight excluding hydrogens is 207 g/mol. The third-order valence-corrected chi connectivity index (χ3v) is 2.76. The highest BCUT2D eigenvalue weighted by atomic mass is 19.1. The molecule has 1 aromatic rings. The molecule has 2 N–H and O–H groups in total. The molecule has 1 aromatic carbocycles. The Labute approximate surface area is 94.0 Å². The molecule has 4 heteroatoms. The molecule has 1 saturated heterocycles. The summed E-state index contributed by atoms with van der Waals surface area (Å²) in [5.74, 6) is -0.227. The Hall–Kier alpha value is -1.42. The van der Waals surface area contributed by atoms with Crippen LogP contribution in [-0.4, -0.2) is 18.5 Å². The van der Waals surface area contributed by atoms with Gasteiger partial charge in [0.25, 0.3) is 0 Å². The van der Waals surface area contributed by atoms with Crippen LogP contribution in [0.5, 0.6) is 0 Å². The lowest BCUT2D eigenvalue weighted by molar-refractivity contribution is -0.122. The van der Waals surface area contributed by atoms with E-state index in [1.54, 1.807) is 12.1 Å². The Bertz CT molecular complexity index is 358. The largest absolute Gasteiger partial charge is 0.351 e. The number of benzene rings is 1. The van der Waals surface area contributed by atoms with E-state index in [2.05, 4.69) is 10.6 Å². The van der Waals surface area contributed by atoms with E-state index in [1.807, 2.05) is 0 Å². The maximum Gasteiger partial charge on any atom is 0.237 e. The van der Waals surface area contributed by atoms with Crippen molar-refractivity contribution in [1.82, 2.24) is 10.6 Å². The van der Waals surface area contributed by atoms with Crippen LogP contribution in [0.25, 0.3) is 0 Å². The fraction of sp³-hybridized carbons (Fsp3) is 0.417. The van der Waals surface area contributed by atoms with Gasteiger partial charge in [-0.2, -0.15) is 0 Å². The van der Waals surface area contributed by atoms with Gasteiger partial charge in [-0.05, 0) is 37.1 Å². The van der Waals surface area contributed by atoms with Gasteiger partial charge in [0.15, 0.2) is 0 Å². The number of carbonyl (C=O) groups is 1. The van der Waals surface area contributed by atoms with E-state index in [0.29, 0.717) is 6.54 Å². The second kappa shape index (κ2) is 5.07. The molecule has 0 aliphatic carbocycles. The average Bonchev–Trinajstić information content (AvgIpc) is 2.81. The van der Waals surface area contributed by atoms with Gasteiger partial charge in [0, 0.05) is 6.54 Å². The van der Waals surface area contributed by atoms with Gasteiger partial charge < -0.3 is 10.6 Å². The summed E-state index contributed by atoms with van der Waals surface area (Å²) < 4.78 is 12.6. The standard InChI is InChI=1S/C12H15FN2O/c13-10-5-3-9(4-6-10)8-15-12(16)11-2-1-7-14-11/h3-6,11,14H,1-2,7-8H2,(H,15,16)/t11-/m0/s1. The zero-order valence-electron chi connectivity index (χ0n) is 9.00. The number of rotatable bonds is 3. The molecule has 0 spiro atoms. The van der Waals surface area contributed by atoms with Crippen LogP contribution in [0.15, 0.2) is 24.3 Å². The first kappa shape index (κ1) is 11.1. The average molecular weight is 222 g/mol. The van der Waals surface area contributed by atoms with Gasteiger partial charge >= 0.3 is 0 Å². The van der Waals surface area contributed by atoms with E-state index in [-0.39, 0.29) is 17.8 Å². The molecule has 0 saturated carbocycles. The Morgan fingerprint density at radius 1 is 1.44 bits per heavy atom. The van der Waals surface area contributed by atoms with Crippen molar-refractivity contribution in [3.8, 4) is 0 Å². The van der Waals surface area contributed by atoms with E-state index in [4.69, 9.17) is 0 Å². The number of hydrogen-bond donors (Lipinski definition) is 2. The van der Waals surface area contributed by atoms with E-state index >= 15 is 0 Å². The number of amides is 1. The zero-order chi connectivity index (χ0) is 11.4. The van der Waals surface area contributed by atoms with Crippen LogP contribution < -0.4 is 10.6 Å². The second-order valence-electron chi connectivity index (χ2n) is 3.99. The molecule has 0 aromatic heterocycles. The summed E-state index contributed by atoms with van der Waals surface area (Å²) in [4.78, 5) is 11.6. The highest BCUT2D eigenvalue weighted by Gasteiger charge is 2.21. The van der Waals surface area contributed by atoms with Crippen molar-refractivity contribution < 1.29 is 9.18 Å². The van der Waals surface area contributed by atoms with E-state index < -0.39 is 0 Å². The van der Waals surface area contributed by atoms with Crippen molar-refractivity contribution in [2.24, 2.45) is 0 Å². The molecule has 1 heterocycles. The SMILES string of the molecule is O=C(NCc1ccc(F)cc1)[C@@H]1CCCN1. The van der Waals surface area contributed by atoms with Crippen molar-refractivity contribution in [2.45, 2.75) is 25.4 Å². The number of hydrogen-bond acceptors (Lipinski definition) is 2. The van der Waals surface area contributed by atoms with Crippen molar-refractivity contribution >= 4 is 5.91 Å². The predicted molar refractivity (Wildman–Crippen MR) is 59.3 cm³/mol. The molecule has 3 nitrogen and oxygen atoms in total. The first-order chi connectivity index (χ1) is 7.75. The number of carbonyl (C=O) groups excluding carboxylic acids is 1. The molecule has 2 rings (SSSR count). The van der Waals surface area contributed by atoms with Gasteiger partial charge in [-0.3, -0.25) is 4.79 Å². The van der Waals surface area contributed by atoms with Gasteiger partial charge in [-0.1, -0.05) is 12.1 Å². The fourth-order valence-electron chi connectivity index (χ4n) is 1.82. The minimum absolute atomic E-state index is 0.0295. The minimum Gasteiger partial charge on any atom is -0.351 e. The van der Waals surface area contributed by atoms with Crippen LogP contribution in [0.2, 0.25) is 0 Å². The van der Waals surface area contributed by atoms with Crippen molar-refractivity contribution in [3.63, 3.8) is 0 Å². The van der Waals surface area contributed by atoms with Crippen LogP contribution in [0, 0.1) is 5.82 Å². The third-order valence-electron chi connectivity index (χ3n) is 2.76. The Balaban J connectivity index is 1.82. The first-order valence-corrected chi connectivity index (χ1v) is 5.51. The molecule has 1 atom stereocenters. The smallest absolute Gasteiger partial charge is 0.237 e. The van der Waals surface area contributed by atoms with Crippen LogP contribution in [0.3, 0.4) is 0 Å². The van der Waals surface area contributed by atoms with Crippen LogP contribution in [0.1, 0.15) is 18.4 Å². The lowest BCUT2D eigenvalue weighted by Crippen LogP contribution is -2.39. The molecule has 1 aliphatic heterocycles. The van der Waals surface area contributed by atoms with Gasteiger partial charge in [0.05, 0.1) is 6.04 Å². The summed E-state index contributed by atoms with van der Waals surface area (Å²) in [6, 6.07) is 6.10. The van der Waals surface area contributed by atoms with Gasteiger partial charge in [-0.15, -0.1) is 0 Å². The molecule has 86 valence electrons. The number of halogens is 1. The van der Waals surface area contributed by atoms with Gasteiger partial charge in [0.2, 0.25) is 5.91 Å². The Morgan fingerprint density at radius 3 is 2.81 bits per heavy atom. The third kappa shape index (κ3) is 2.79. The minimum atomic E-state index is -0.257. The maximum atomic E-state index is 12.6. The predicted octanol–water partition coefficient (Wildman–Crippen LogP) is 1.19. The quantitative estimate of drug-likeness (QED) is 0.806. The Morgan fingerprint density at radius 2 is 2.19 bits per heavy atom. The Kier molecular flexibility index (Phi) is 3.51. The maximum absolute atomic E-state index is 12.6. The summed E-state index contributed by atoms with van der Waals surface area (Å²) >= 11 is 0. The highest BCUT2D eigenvalue weighted by molar-refractivity contribution is 5.81. The molecule has 16 heavy (non-hydrogen) atoms. The van der Waals surface area contributed by atoms with Gasteiger partial charge in [-0.25, -0.2) is 4.39 Å². The molecule has 1 aliphatic rings. The monoisotopic (exact) mass is 222 g/mol. The molecular formula is C12H15FN2O. The number of nitrogens with one attached hydrogen (secondary N) is 2. The van der Waals surface area contributed by atoms with Crippen molar-refractivity contribution in [3.05, 3.63) is 35.6 Å². The van der Waals surface area contributed by atoms with Crippen LogP contribution in [-0.2, 0) is 11.3 Å². The van der Waals surface area contributed by atoms with Crippen LogP contribution in [0.4, 0.5) is 4.39 Å². The normalized spacial score (nSPS) is 19.7. The van der Waals surface area contributed by atoms with Gasteiger partial charge in [0.1, 0.15) is 5.82 Å². The zero-order valence-corrected chi connectivity index (χ0v) is 9.00. The van der Waals surface area contributed by atoms with E-state index in [0.717, 1.165) is 24.9 Å². The summed E-state index contributed by atoms with van der Waals surface area (Å²) in [6.45, 7) is 1.37. The van der Waals surface area contributed by atoms with E-state index in [9.17, 15) is 9.18 Å². The summed E-state index contributed by atoms with van der Waals surface area (Å²) in [5.41, 5.74) is 0.910. The first-order valence-electron chi connectivity index (χ1n) is 5.51. The van der Waals surface area contributed by atoms with Crippen molar-refractivity contribution in [2.75, 3.05) is 6.54 Å². The van der Waals surface area contributed by atoms with Crippen LogP contribution >= 0.6 is 0 Å². The molecule has 1 fully saturated rings.